The van der Waals surface area contributed by atoms with Crippen LogP contribution in [0.1, 0.15) is 24.0 Å². The van der Waals surface area contributed by atoms with E-state index in [1.807, 2.05) is 0 Å². The van der Waals surface area contributed by atoms with Crippen LogP contribution in [0, 0.1) is 6.92 Å². The van der Waals surface area contributed by atoms with Gasteiger partial charge in [-0.15, -0.1) is 0 Å². The lowest BCUT2D eigenvalue weighted by Crippen LogP contribution is -2.31. The van der Waals surface area contributed by atoms with Gasteiger partial charge in [0.15, 0.2) is 0 Å². The average molecular weight is 232 g/mol. The molecule has 1 saturated carbocycles. The van der Waals surface area contributed by atoms with Crippen LogP contribution in [0.15, 0.2) is 24.3 Å². The Balaban J connectivity index is 1.64. The van der Waals surface area contributed by atoms with Crippen molar-refractivity contribution in [3.8, 4) is 0 Å². The molecule has 1 N–H and O–H groups in total. The molecule has 0 amide bonds. The van der Waals surface area contributed by atoms with Crippen molar-refractivity contribution < 1.29 is 0 Å². The number of hydrogen-bond acceptors (Lipinski definition) is 2. The molecule has 0 atom stereocenters. The lowest BCUT2D eigenvalue weighted by Gasteiger charge is -2.17. The normalized spacial score (nSPS) is 15.5. The number of nitrogens with zero attached hydrogens (tertiary/aromatic N) is 1. The van der Waals surface area contributed by atoms with Crippen LogP contribution in [0.4, 0.5) is 0 Å². The van der Waals surface area contributed by atoms with Gasteiger partial charge in [0.05, 0.1) is 0 Å². The highest BCUT2D eigenvalue weighted by molar-refractivity contribution is 5.25. The summed E-state index contributed by atoms with van der Waals surface area (Å²) in [6, 6.07) is 9.52. The van der Waals surface area contributed by atoms with E-state index < -0.39 is 0 Å². The summed E-state index contributed by atoms with van der Waals surface area (Å²) in [5.74, 6) is 0. The first kappa shape index (κ1) is 12.6. The molecular formula is C15H24N2. The highest BCUT2D eigenvalue weighted by atomic mass is 15.1. The Morgan fingerprint density at radius 3 is 2.71 bits per heavy atom. The summed E-state index contributed by atoms with van der Waals surface area (Å²) >= 11 is 0. The zero-order valence-electron chi connectivity index (χ0n) is 11.1. The number of hydrogen-bond donors (Lipinski definition) is 1. The van der Waals surface area contributed by atoms with E-state index in [0.29, 0.717) is 0 Å². The van der Waals surface area contributed by atoms with Crippen molar-refractivity contribution in [1.82, 2.24) is 10.2 Å². The molecule has 0 unspecified atom stereocenters. The fourth-order valence-corrected chi connectivity index (χ4v) is 2.06. The van der Waals surface area contributed by atoms with Crippen molar-refractivity contribution in [3.05, 3.63) is 35.4 Å². The molecule has 94 valence electrons. The van der Waals surface area contributed by atoms with Gasteiger partial charge < -0.3 is 10.2 Å². The van der Waals surface area contributed by atoms with Crippen molar-refractivity contribution >= 4 is 0 Å². The van der Waals surface area contributed by atoms with Crippen molar-refractivity contribution in [2.24, 2.45) is 0 Å². The van der Waals surface area contributed by atoms with E-state index in [-0.39, 0.29) is 0 Å². The average Bonchev–Trinajstić information content (AvgIpc) is 3.12. The van der Waals surface area contributed by atoms with E-state index in [2.05, 4.69) is 48.5 Å². The second kappa shape index (κ2) is 6.18. The topological polar surface area (TPSA) is 15.3 Å². The Bertz CT molecular complexity index is 345. The van der Waals surface area contributed by atoms with Gasteiger partial charge in [-0.3, -0.25) is 0 Å². The van der Waals surface area contributed by atoms with E-state index in [1.165, 1.54) is 24.0 Å². The summed E-state index contributed by atoms with van der Waals surface area (Å²) in [6.45, 7) is 5.64. The van der Waals surface area contributed by atoms with Gasteiger partial charge >= 0.3 is 0 Å². The molecule has 1 aliphatic rings. The molecule has 0 spiro atoms. The number of nitrogens with one attached hydrogen (secondary N) is 1. The largest absolute Gasteiger partial charge is 0.313 e. The van der Waals surface area contributed by atoms with Gasteiger partial charge in [-0.25, -0.2) is 0 Å². The van der Waals surface area contributed by atoms with E-state index in [4.69, 9.17) is 0 Å². The number of benzene rings is 1. The van der Waals surface area contributed by atoms with Crippen LogP contribution in [0.3, 0.4) is 0 Å². The predicted octanol–water partition coefficient (Wildman–Crippen LogP) is 2.22. The van der Waals surface area contributed by atoms with Crippen molar-refractivity contribution in [2.75, 3.05) is 26.7 Å². The fraction of sp³-hybridized carbons (Fsp3) is 0.600. The standard InChI is InChI=1S/C15H24N2/c1-13-5-3-4-6-14(13)9-11-17(2)12-10-16-15-7-8-15/h3-6,15-16H,7-12H2,1-2H3. The minimum atomic E-state index is 0.833. The highest BCUT2D eigenvalue weighted by Crippen LogP contribution is 2.17. The Hall–Kier alpha value is -0.860. The quantitative estimate of drug-likeness (QED) is 0.775. The molecule has 1 aromatic carbocycles. The lowest BCUT2D eigenvalue weighted by molar-refractivity contribution is 0.335. The SMILES string of the molecule is Cc1ccccc1CCN(C)CCNC1CC1. The van der Waals surface area contributed by atoms with E-state index >= 15 is 0 Å². The lowest BCUT2D eigenvalue weighted by atomic mass is 10.1. The summed E-state index contributed by atoms with van der Waals surface area (Å²) in [5, 5.41) is 3.56. The van der Waals surface area contributed by atoms with Crippen molar-refractivity contribution in [3.63, 3.8) is 0 Å². The molecule has 0 heterocycles. The number of rotatable bonds is 7. The first-order valence-electron chi connectivity index (χ1n) is 6.72. The zero-order valence-corrected chi connectivity index (χ0v) is 11.1. The molecule has 2 nitrogen and oxygen atoms in total. The van der Waals surface area contributed by atoms with Crippen molar-refractivity contribution in [2.45, 2.75) is 32.2 Å². The van der Waals surface area contributed by atoms with Crippen LogP contribution < -0.4 is 5.32 Å². The smallest absolute Gasteiger partial charge is 0.0104 e. The molecule has 1 fully saturated rings. The number of likely N-dealkylation sites (N-methyl/N-ethyl adjacent to an activating group) is 1. The summed E-state index contributed by atoms with van der Waals surface area (Å²) in [4.78, 5) is 2.42. The van der Waals surface area contributed by atoms with Crippen LogP contribution in [0.5, 0.6) is 0 Å². The summed E-state index contributed by atoms with van der Waals surface area (Å²) in [5.41, 5.74) is 2.89. The molecule has 0 aromatic heterocycles. The molecule has 17 heavy (non-hydrogen) atoms. The van der Waals surface area contributed by atoms with Crippen LogP contribution in [-0.2, 0) is 6.42 Å². The van der Waals surface area contributed by atoms with Gasteiger partial charge in [0, 0.05) is 25.7 Å². The van der Waals surface area contributed by atoms with Crippen LogP contribution in [-0.4, -0.2) is 37.6 Å². The van der Waals surface area contributed by atoms with Gasteiger partial charge in [-0.2, -0.15) is 0 Å². The maximum Gasteiger partial charge on any atom is 0.0104 e. The molecule has 2 heteroatoms. The summed E-state index contributed by atoms with van der Waals surface area (Å²) in [6.07, 6.45) is 3.92. The van der Waals surface area contributed by atoms with Crippen LogP contribution in [0.25, 0.3) is 0 Å². The Morgan fingerprint density at radius 2 is 2.00 bits per heavy atom. The van der Waals surface area contributed by atoms with Gasteiger partial charge in [0.25, 0.3) is 0 Å². The van der Waals surface area contributed by atoms with Gasteiger partial charge in [-0.1, -0.05) is 24.3 Å². The summed E-state index contributed by atoms with van der Waals surface area (Å²) < 4.78 is 0. The second-order valence-electron chi connectivity index (χ2n) is 5.21. The minimum absolute atomic E-state index is 0.833. The highest BCUT2D eigenvalue weighted by Gasteiger charge is 2.19. The molecule has 0 saturated heterocycles. The monoisotopic (exact) mass is 232 g/mol. The van der Waals surface area contributed by atoms with E-state index in [1.54, 1.807) is 0 Å². The Kier molecular flexibility index (Phi) is 4.57. The fourth-order valence-electron chi connectivity index (χ4n) is 2.06. The van der Waals surface area contributed by atoms with E-state index in [9.17, 15) is 0 Å². The third-order valence-corrected chi connectivity index (χ3v) is 3.53. The molecule has 1 aromatic rings. The molecule has 1 aliphatic carbocycles. The Morgan fingerprint density at radius 1 is 1.24 bits per heavy atom. The minimum Gasteiger partial charge on any atom is -0.313 e. The maximum absolute atomic E-state index is 3.56. The maximum atomic E-state index is 3.56. The molecule has 0 aliphatic heterocycles. The van der Waals surface area contributed by atoms with Crippen LogP contribution >= 0.6 is 0 Å². The van der Waals surface area contributed by atoms with Crippen LogP contribution in [0.2, 0.25) is 0 Å². The molecular weight excluding hydrogens is 208 g/mol. The Labute approximate surface area is 105 Å². The van der Waals surface area contributed by atoms with Crippen molar-refractivity contribution in [1.29, 1.82) is 0 Å². The van der Waals surface area contributed by atoms with Gasteiger partial charge in [-0.05, 0) is 44.4 Å². The molecule has 2 rings (SSSR count). The van der Waals surface area contributed by atoms with Gasteiger partial charge in [0.1, 0.15) is 0 Å². The molecule has 0 radical (unpaired) electrons. The third kappa shape index (κ3) is 4.49. The van der Waals surface area contributed by atoms with Gasteiger partial charge in [0.2, 0.25) is 0 Å². The first-order valence-corrected chi connectivity index (χ1v) is 6.72. The first-order chi connectivity index (χ1) is 8.25. The second-order valence-corrected chi connectivity index (χ2v) is 5.21. The number of aryl methyl sites for hydroxylation is 1. The molecule has 0 bridgehead atoms. The zero-order chi connectivity index (χ0) is 12.1. The van der Waals surface area contributed by atoms with E-state index in [0.717, 1.165) is 32.1 Å². The third-order valence-electron chi connectivity index (χ3n) is 3.53. The predicted molar refractivity (Wildman–Crippen MR) is 73.4 cm³/mol. The summed E-state index contributed by atoms with van der Waals surface area (Å²) in [7, 11) is 2.22.